The number of carbonyl (C=O) groups excluding carboxylic acids is 1. The largest absolute Gasteiger partial charge is 0.467 e. The number of nitrogens with zero attached hydrogens (tertiary/aromatic N) is 2. The SMILES string of the molecule is Cc1ccc2cc3c(nc2c1C)OCC(=O)N(Cc1ccccc1)C3. The molecule has 3 aromatic rings. The van der Waals surface area contributed by atoms with Crippen LogP contribution in [0.3, 0.4) is 0 Å². The van der Waals surface area contributed by atoms with E-state index in [4.69, 9.17) is 9.72 Å². The molecule has 4 nitrogen and oxygen atoms in total. The minimum Gasteiger partial charge on any atom is -0.467 e. The number of aryl methyl sites for hydroxylation is 2. The molecule has 0 atom stereocenters. The number of amides is 1. The van der Waals surface area contributed by atoms with Crippen LogP contribution in [-0.4, -0.2) is 22.4 Å². The van der Waals surface area contributed by atoms with Crippen molar-refractivity contribution in [1.82, 2.24) is 9.88 Å². The highest BCUT2D eigenvalue weighted by Gasteiger charge is 2.23. The molecule has 0 aliphatic carbocycles. The lowest BCUT2D eigenvalue weighted by Crippen LogP contribution is -2.31. The molecule has 4 heteroatoms. The van der Waals surface area contributed by atoms with Gasteiger partial charge in [-0.3, -0.25) is 4.79 Å². The summed E-state index contributed by atoms with van der Waals surface area (Å²) in [6, 6.07) is 16.3. The second-order valence-electron chi connectivity index (χ2n) is 6.56. The smallest absolute Gasteiger partial charge is 0.261 e. The van der Waals surface area contributed by atoms with E-state index in [9.17, 15) is 4.79 Å². The van der Waals surface area contributed by atoms with Gasteiger partial charge in [-0.15, -0.1) is 0 Å². The molecule has 0 spiro atoms. The highest BCUT2D eigenvalue weighted by atomic mass is 16.5. The van der Waals surface area contributed by atoms with Gasteiger partial charge in [-0.2, -0.15) is 0 Å². The zero-order valence-electron chi connectivity index (χ0n) is 14.5. The van der Waals surface area contributed by atoms with Crippen LogP contribution >= 0.6 is 0 Å². The van der Waals surface area contributed by atoms with Crippen LogP contribution in [0.15, 0.2) is 48.5 Å². The van der Waals surface area contributed by atoms with E-state index < -0.39 is 0 Å². The van der Waals surface area contributed by atoms with E-state index in [-0.39, 0.29) is 12.5 Å². The molecule has 126 valence electrons. The molecule has 0 unspecified atom stereocenters. The summed E-state index contributed by atoms with van der Waals surface area (Å²) in [7, 11) is 0. The van der Waals surface area contributed by atoms with E-state index in [1.165, 1.54) is 5.56 Å². The van der Waals surface area contributed by atoms with Crippen molar-refractivity contribution in [1.29, 1.82) is 0 Å². The summed E-state index contributed by atoms with van der Waals surface area (Å²) < 4.78 is 5.73. The first kappa shape index (κ1) is 15.6. The number of ether oxygens (including phenoxy) is 1. The Morgan fingerprint density at radius 3 is 2.72 bits per heavy atom. The van der Waals surface area contributed by atoms with Crippen LogP contribution in [0, 0.1) is 13.8 Å². The fourth-order valence-electron chi connectivity index (χ4n) is 3.21. The predicted molar refractivity (Wildman–Crippen MR) is 97.4 cm³/mol. The molecule has 1 aliphatic heterocycles. The highest BCUT2D eigenvalue weighted by Crippen LogP contribution is 2.29. The molecule has 25 heavy (non-hydrogen) atoms. The second kappa shape index (κ2) is 6.20. The van der Waals surface area contributed by atoms with Gasteiger partial charge in [0.15, 0.2) is 6.61 Å². The van der Waals surface area contributed by atoms with Gasteiger partial charge in [0.25, 0.3) is 5.91 Å². The monoisotopic (exact) mass is 332 g/mol. The van der Waals surface area contributed by atoms with Crippen LogP contribution in [-0.2, 0) is 17.9 Å². The quantitative estimate of drug-likeness (QED) is 0.717. The fourth-order valence-corrected chi connectivity index (χ4v) is 3.21. The van der Waals surface area contributed by atoms with E-state index >= 15 is 0 Å². The normalized spacial score (nSPS) is 14.2. The Labute approximate surface area is 147 Å². The molecule has 4 rings (SSSR count). The molecule has 1 aliphatic rings. The Kier molecular flexibility index (Phi) is 3.88. The summed E-state index contributed by atoms with van der Waals surface area (Å²) in [5, 5.41) is 1.08. The maximum absolute atomic E-state index is 12.5. The fraction of sp³-hybridized carbons (Fsp3) is 0.238. The van der Waals surface area contributed by atoms with Gasteiger partial charge in [-0.05, 0) is 36.6 Å². The molecule has 1 aromatic heterocycles. The van der Waals surface area contributed by atoms with Gasteiger partial charge in [0.05, 0.1) is 12.1 Å². The molecule has 0 fully saturated rings. The average molecular weight is 332 g/mol. The van der Waals surface area contributed by atoms with Crippen LogP contribution in [0.1, 0.15) is 22.3 Å². The summed E-state index contributed by atoms with van der Waals surface area (Å²) in [6.45, 7) is 5.27. The van der Waals surface area contributed by atoms with Crippen molar-refractivity contribution >= 4 is 16.8 Å². The van der Waals surface area contributed by atoms with Crippen molar-refractivity contribution < 1.29 is 9.53 Å². The number of carbonyl (C=O) groups is 1. The molecule has 2 heterocycles. The van der Waals surface area contributed by atoms with Crippen molar-refractivity contribution in [2.75, 3.05) is 6.61 Å². The maximum Gasteiger partial charge on any atom is 0.261 e. The maximum atomic E-state index is 12.5. The van der Waals surface area contributed by atoms with Gasteiger partial charge in [-0.1, -0.05) is 42.5 Å². The van der Waals surface area contributed by atoms with Crippen LogP contribution in [0.5, 0.6) is 5.88 Å². The Morgan fingerprint density at radius 2 is 1.92 bits per heavy atom. The van der Waals surface area contributed by atoms with Gasteiger partial charge < -0.3 is 9.64 Å². The third-order valence-corrected chi connectivity index (χ3v) is 4.81. The molecule has 0 bridgehead atoms. The summed E-state index contributed by atoms with van der Waals surface area (Å²) in [4.78, 5) is 19.0. The third-order valence-electron chi connectivity index (χ3n) is 4.81. The number of benzene rings is 2. The van der Waals surface area contributed by atoms with Gasteiger partial charge in [-0.25, -0.2) is 4.98 Å². The van der Waals surface area contributed by atoms with Crippen LogP contribution < -0.4 is 4.74 Å². The van der Waals surface area contributed by atoms with Crippen molar-refractivity contribution in [3.05, 3.63) is 70.8 Å². The first-order valence-corrected chi connectivity index (χ1v) is 8.46. The number of hydrogen-bond acceptors (Lipinski definition) is 3. The molecular formula is C21H20N2O2. The first-order valence-electron chi connectivity index (χ1n) is 8.46. The summed E-state index contributed by atoms with van der Waals surface area (Å²) in [5.74, 6) is 0.559. The number of fused-ring (bicyclic) bond motifs is 2. The lowest BCUT2D eigenvalue weighted by atomic mass is 10.0. The molecule has 0 saturated carbocycles. The Bertz CT molecular complexity index is 951. The van der Waals surface area contributed by atoms with E-state index in [0.29, 0.717) is 19.0 Å². The predicted octanol–water partition coefficient (Wildman–Crippen LogP) is 3.77. The van der Waals surface area contributed by atoms with Crippen molar-refractivity contribution in [2.24, 2.45) is 0 Å². The Balaban J connectivity index is 1.72. The summed E-state index contributed by atoms with van der Waals surface area (Å²) in [6.07, 6.45) is 0. The van der Waals surface area contributed by atoms with Crippen molar-refractivity contribution in [3.63, 3.8) is 0 Å². The summed E-state index contributed by atoms with van der Waals surface area (Å²) >= 11 is 0. The topological polar surface area (TPSA) is 42.4 Å². The van der Waals surface area contributed by atoms with Gasteiger partial charge in [0.2, 0.25) is 5.88 Å². The molecular weight excluding hydrogens is 312 g/mol. The molecule has 0 N–H and O–H groups in total. The zero-order valence-corrected chi connectivity index (χ0v) is 14.5. The van der Waals surface area contributed by atoms with Gasteiger partial charge in [0, 0.05) is 17.5 Å². The van der Waals surface area contributed by atoms with Gasteiger partial charge >= 0.3 is 0 Å². The minimum atomic E-state index is -0.0150. The lowest BCUT2D eigenvalue weighted by molar-refractivity contribution is -0.133. The standard InChI is InChI=1S/C21H20N2O2/c1-14-8-9-17-10-18-12-23(11-16-6-4-3-5-7-16)19(24)13-25-21(18)22-20(17)15(14)2/h3-10H,11-13H2,1-2H3. The Hall–Kier alpha value is -2.88. The number of aromatic nitrogens is 1. The molecule has 2 aromatic carbocycles. The van der Waals surface area contributed by atoms with E-state index in [1.807, 2.05) is 35.2 Å². The average Bonchev–Trinajstić information content (AvgIpc) is 2.77. The van der Waals surface area contributed by atoms with Crippen LogP contribution in [0.25, 0.3) is 10.9 Å². The van der Waals surface area contributed by atoms with E-state index in [1.54, 1.807) is 0 Å². The molecule has 1 amide bonds. The van der Waals surface area contributed by atoms with Crippen LogP contribution in [0.2, 0.25) is 0 Å². The van der Waals surface area contributed by atoms with Gasteiger partial charge in [0.1, 0.15) is 0 Å². The van der Waals surface area contributed by atoms with Crippen molar-refractivity contribution in [3.8, 4) is 5.88 Å². The van der Waals surface area contributed by atoms with Crippen molar-refractivity contribution in [2.45, 2.75) is 26.9 Å². The van der Waals surface area contributed by atoms with Crippen LogP contribution in [0.4, 0.5) is 0 Å². The zero-order chi connectivity index (χ0) is 17.4. The number of hydrogen-bond donors (Lipinski definition) is 0. The first-order chi connectivity index (χ1) is 12.1. The second-order valence-corrected chi connectivity index (χ2v) is 6.56. The van der Waals surface area contributed by atoms with E-state index in [0.717, 1.165) is 27.6 Å². The molecule has 0 radical (unpaired) electrons. The highest BCUT2D eigenvalue weighted by molar-refractivity contribution is 5.85. The number of pyridine rings is 1. The van der Waals surface area contributed by atoms with E-state index in [2.05, 4.69) is 32.0 Å². The summed E-state index contributed by atoms with van der Waals surface area (Å²) in [5.41, 5.74) is 5.37. The Morgan fingerprint density at radius 1 is 1.12 bits per heavy atom. The molecule has 0 saturated heterocycles. The minimum absolute atomic E-state index is 0.0150. The third kappa shape index (κ3) is 2.95. The number of rotatable bonds is 2. The lowest BCUT2D eigenvalue weighted by Gasteiger charge is -2.20.